The smallest absolute Gasteiger partial charge is 0.321 e. The molecule has 3 rings (SSSR count). The summed E-state index contributed by atoms with van der Waals surface area (Å²) in [6.07, 6.45) is 4.58. The minimum absolute atomic E-state index is 0.483. The van der Waals surface area contributed by atoms with E-state index in [0.717, 1.165) is 35.8 Å². The van der Waals surface area contributed by atoms with Gasteiger partial charge < -0.3 is 10.1 Å². The number of carbonyl (C=O) groups is 2. The quantitative estimate of drug-likeness (QED) is 0.629. The van der Waals surface area contributed by atoms with Gasteiger partial charge in [-0.15, -0.1) is 0 Å². The SMILES string of the molecule is Cc1ccc(C=CS(=O)(=O)NCC(=O)OCC(=O)Nc2ccc3c(c2)CCC3)cc1. The van der Waals surface area contributed by atoms with E-state index in [0.29, 0.717) is 5.69 Å². The number of nitrogens with one attached hydrogen (secondary N) is 2. The van der Waals surface area contributed by atoms with Gasteiger partial charge in [0.2, 0.25) is 10.0 Å². The number of benzene rings is 2. The Kier molecular flexibility index (Phi) is 7.02. The van der Waals surface area contributed by atoms with Crippen LogP contribution in [-0.4, -0.2) is 33.4 Å². The lowest BCUT2D eigenvalue weighted by molar-refractivity contribution is -0.146. The summed E-state index contributed by atoms with van der Waals surface area (Å²) >= 11 is 0. The molecule has 0 radical (unpaired) electrons. The molecule has 0 bridgehead atoms. The van der Waals surface area contributed by atoms with Crippen molar-refractivity contribution in [2.24, 2.45) is 0 Å². The van der Waals surface area contributed by atoms with Gasteiger partial charge in [0.1, 0.15) is 6.54 Å². The van der Waals surface area contributed by atoms with Crippen LogP contribution in [0.5, 0.6) is 0 Å². The number of esters is 1. The van der Waals surface area contributed by atoms with E-state index < -0.39 is 35.1 Å². The Hall–Kier alpha value is -2.97. The summed E-state index contributed by atoms with van der Waals surface area (Å²) in [5, 5.41) is 3.65. The second-order valence-corrected chi connectivity index (χ2v) is 8.78. The van der Waals surface area contributed by atoms with Crippen LogP contribution < -0.4 is 10.0 Å². The number of fused-ring (bicyclic) bond motifs is 1. The van der Waals surface area contributed by atoms with Crippen LogP contribution in [0.4, 0.5) is 5.69 Å². The second kappa shape index (κ2) is 9.69. The zero-order valence-corrected chi connectivity index (χ0v) is 17.5. The van der Waals surface area contributed by atoms with Gasteiger partial charge in [0.15, 0.2) is 6.61 Å². The number of sulfonamides is 1. The van der Waals surface area contributed by atoms with Gasteiger partial charge in [-0.2, -0.15) is 0 Å². The molecule has 2 aromatic carbocycles. The van der Waals surface area contributed by atoms with E-state index >= 15 is 0 Å². The van der Waals surface area contributed by atoms with Crippen molar-refractivity contribution in [3.8, 4) is 0 Å². The standard InChI is InChI=1S/C22H24N2O5S/c1-16-5-7-17(8-6-16)11-12-30(27,28)23-14-22(26)29-15-21(25)24-20-10-9-18-3-2-4-19(18)13-20/h5-13,23H,2-4,14-15H2,1H3,(H,24,25). The fourth-order valence-corrected chi connectivity index (χ4v) is 3.85. The van der Waals surface area contributed by atoms with Gasteiger partial charge in [-0.05, 0) is 61.1 Å². The molecule has 8 heteroatoms. The number of ether oxygens (including phenoxy) is 1. The van der Waals surface area contributed by atoms with Crippen molar-refractivity contribution in [3.63, 3.8) is 0 Å². The molecular weight excluding hydrogens is 404 g/mol. The molecule has 0 heterocycles. The highest BCUT2D eigenvalue weighted by atomic mass is 32.2. The Bertz CT molecular complexity index is 1060. The predicted molar refractivity (Wildman–Crippen MR) is 115 cm³/mol. The summed E-state index contributed by atoms with van der Waals surface area (Å²) in [5.41, 5.74) is 4.95. The molecule has 158 valence electrons. The minimum atomic E-state index is -3.81. The van der Waals surface area contributed by atoms with Crippen molar-refractivity contribution < 1.29 is 22.7 Å². The predicted octanol–water partition coefficient (Wildman–Crippen LogP) is 2.56. The molecule has 7 nitrogen and oxygen atoms in total. The first-order valence-electron chi connectivity index (χ1n) is 9.62. The zero-order valence-electron chi connectivity index (χ0n) is 16.7. The third kappa shape index (κ3) is 6.53. The third-order valence-corrected chi connectivity index (χ3v) is 5.72. The molecule has 0 atom stereocenters. The lowest BCUT2D eigenvalue weighted by Crippen LogP contribution is -2.31. The van der Waals surface area contributed by atoms with Gasteiger partial charge in [-0.3, -0.25) is 9.59 Å². The normalized spacial score (nSPS) is 13.2. The van der Waals surface area contributed by atoms with E-state index in [4.69, 9.17) is 4.74 Å². The summed E-state index contributed by atoms with van der Waals surface area (Å²) < 4.78 is 30.9. The van der Waals surface area contributed by atoms with Crippen LogP contribution in [0.3, 0.4) is 0 Å². The van der Waals surface area contributed by atoms with Crippen LogP contribution in [0.15, 0.2) is 47.9 Å². The van der Waals surface area contributed by atoms with Gasteiger partial charge in [-0.1, -0.05) is 35.9 Å². The maximum absolute atomic E-state index is 12.0. The molecule has 0 aliphatic heterocycles. The van der Waals surface area contributed by atoms with E-state index in [2.05, 4.69) is 10.0 Å². The van der Waals surface area contributed by atoms with Crippen molar-refractivity contribution in [3.05, 3.63) is 70.1 Å². The second-order valence-electron chi connectivity index (χ2n) is 7.13. The van der Waals surface area contributed by atoms with Crippen LogP contribution in [0.1, 0.15) is 28.7 Å². The van der Waals surface area contributed by atoms with Gasteiger partial charge in [0, 0.05) is 11.1 Å². The molecule has 0 aromatic heterocycles. The largest absolute Gasteiger partial charge is 0.455 e. The van der Waals surface area contributed by atoms with E-state index in [1.54, 1.807) is 12.1 Å². The van der Waals surface area contributed by atoms with E-state index in [1.165, 1.54) is 17.2 Å². The molecule has 0 saturated carbocycles. The number of aryl methyl sites for hydroxylation is 3. The molecule has 2 N–H and O–H groups in total. The summed E-state index contributed by atoms with van der Waals surface area (Å²) in [4.78, 5) is 23.7. The van der Waals surface area contributed by atoms with Crippen molar-refractivity contribution >= 4 is 33.7 Å². The molecule has 1 amide bonds. The maximum Gasteiger partial charge on any atom is 0.321 e. The first kappa shape index (κ1) is 21.7. The fourth-order valence-electron chi connectivity index (χ4n) is 3.10. The zero-order chi connectivity index (χ0) is 21.6. The molecular formula is C22H24N2O5S. The number of carbonyl (C=O) groups excluding carboxylic acids is 2. The Labute approximate surface area is 176 Å². The molecule has 0 unspecified atom stereocenters. The average Bonchev–Trinajstić information content (AvgIpc) is 3.18. The first-order valence-corrected chi connectivity index (χ1v) is 11.2. The van der Waals surface area contributed by atoms with Gasteiger partial charge in [-0.25, -0.2) is 13.1 Å². The highest BCUT2D eigenvalue weighted by Crippen LogP contribution is 2.24. The molecule has 0 fully saturated rings. The lowest BCUT2D eigenvalue weighted by Gasteiger charge is -2.08. The van der Waals surface area contributed by atoms with Gasteiger partial charge >= 0.3 is 5.97 Å². The Morgan fingerprint density at radius 2 is 1.80 bits per heavy atom. The summed E-state index contributed by atoms with van der Waals surface area (Å²) in [6, 6.07) is 13.0. The minimum Gasteiger partial charge on any atom is -0.455 e. The summed E-state index contributed by atoms with van der Waals surface area (Å²) in [7, 11) is -3.81. The number of amides is 1. The number of anilines is 1. The fraction of sp³-hybridized carbons (Fsp3) is 0.273. The summed E-state index contributed by atoms with van der Waals surface area (Å²) in [6.45, 7) is 0.882. The molecule has 1 aliphatic rings. The number of hydrogen-bond acceptors (Lipinski definition) is 5. The monoisotopic (exact) mass is 428 g/mol. The van der Waals surface area contributed by atoms with E-state index in [9.17, 15) is 18.0 Å². The van der Waals surface area contributed by atoms with Gasteiger partial charge in [0.25, 0.3) is 5.91 Å². The van der Waals surface area contributed by atoms with Crippen molar-refractivity contribution in [1.29, 1.82) is 0 Å². The third-order valence-electron chi connectivity index (χ3n) is 4.68. The van der Waals surface area contributed by atoms with E-state index in [-0.39, 0.29) is 0 Å². The molecule has 0 spiro atoms. The van der Waals surface area contributed by atoms with Crippen LogP contribution in [-0.2, 0) is 37.2 Å². The molecule has 2 aromatic rings. The van der Waals surface area contributed by atoms with Crippen LogP contribution in [0, 0.1) is 6.92 Å². The topological polar surface area (TPSA) is 102 Å². The molecule has 30 heavy (non-hydrogen) atoms. The van der Waals surface area contributed by atoms with Crippen molar-refractivity contribution in [2.75, 3.05) is 18.5 Å². The lowest BCUT2D eigenvalue weighted by atomic mass is 10.1. The highest BCUT2D eigenvalue weighted by molar-refractivity contribution is 7.92. The Balaban J connectivity index is 1.41. The summed E-state index contributed by atoms with van der Waals surface area (Å²) in [5.74, 6) is -1.32. The van der Waals surface area contributed by atoms with Crippen molar-refractivity contribution in [1.82, 2.24) is 4.72 Å². The van der Waals surface area contributed by atoms with Gasteiger partial charge in [0.05, 0.1) is 0 Å². The highest BCUT2D eigenvalue weighted by Gasteiger charge is 2.14. The number of rotatable bonds is 8. The Morgan fingerprint density at radius 1 is 1.07 bits per heavy atom. The van der Waals surface area contributed by atoms with Crippen molar-refractivity contribution in [2.45, 2.75) is 26.2 Å². The Morgan fingerprint density at radius 3 is 2.57 bits per heavy atom. The number of hydrogen-bond donors (Lipinski definition) is 2. The molecule has 1 aliphatic carbocycles. The van der Waals surface area contributed by atoms with Crippen LogP contribution in [0.25, 0.3) is 6.08 Å². The van der Waals surface area contributed by atoms with Crippen LogP contribution >= 0.6 is 0 Å². The maximum atomic E-state index is 12.0. The molecule has 0 saturated heterocycles. The van der Waals surface area contributed by atoms with E-state index in [1.807, 2.05) is 37.3 Å². The van der Waals surface area contributed by atoms with Crippen LogP contribution in [0.2, 0.25) is 0 Å². The first-order chi connectivity index (χ1) is 14.3. The average molecular weight is 429 g/mol.